The van der Waals surface area contributed by atoms with Gasteiger partial charge in [0.2, 0.25) is 10.0 Å². The van der Waals surface area contributed by atoms with Crippen LogP contribution in [0.3, 0.4) is 0 Å². The molecule has 0 amide bonds. The van der Waals surface area contributed by atoms with Gasteiger partial charge in [-0.25, -0.2) is 13.1 Å². The molecule has 0 radical (unpaired) electrons. The molecule has 20 heavy (non-hydrogen) atoms. The second kappa shape index (κ2) is 6.43. The summed E-state index contributed by atoms with van der Waals surface area (Å²) in [5, 5.41) is 3.16. The molecule has 1 aliphatic heterocycles. The summed E-state index contributed by atoms with van der Waals surface area (Å²) in [4.78, 5) is 0.235. The summed E-state index contributed by atoms with van der Waals surface area (Å²) in [5.41, 5.74) is 0.711. The fraction of sp³-hybridized carbons (Fsp3) is 0.538. The zero-order valence-corrected chi connectivity index (χ0v) is 12.5. The minimum absolute atomic E-state index is 0.0807. The minimum atomic E-state index is -3.49. The molecule has 1 aromatic rings. The van der Waals surface area contributed by atoms with Gasteiger partial charge in [0, 0.05) is 20.3 Å². The molecule has 2 N–H and O–H groups in total. The standard InChI is InChI=1S/C13H20N2O4S/c1-10-9-14-12-8-11(4-5-13(12)19-10)20(16,17)15-6-3-7-18-2/h4-5,8,10,14-15H,3,6-7,9H2,1-2H3. The monoisotopic (exact) mass is 300 g/mol. The smallest absolute Gasteiger partial charge is 0.240 e. The topological polar surface area (TPSA) is 76.7 Å². The SMILES string of the molecule is COCCCNS(=O)(=O)c1ccc2c(c1)NCC(C)O2. The first-order chi connectivity index (χ1) is 9.53. The molecular weight excluding hydrogens is 280 g/mol. The quantitative estimate of drug-likeness (QED) is 0.772. The third-order valence-electron chi connectivity index (χ3n) is 2.99. The molecule has 0 fully saturated rings. The molecule has 6 nitrogen and oxygen atoms in total. The van der Waals surface area contributed by atoms with Gasteiger partial charge < -0.3 is 14.8 Å². The first-order valence-electron chi connectivity index (χ1n) is 6.56. The van der Waals surface area contributed by atoms with E-state index in [0.717, 1.165) is 0 Å². The van der Waals surface area contributed by atoms with Crippen molar-refractivity contribution in [2.24, 2.45) is 0 Å². The van der Waals surface area contributed by atoms with Crippen LogP contribution in [0.2, 0.25) is 0 Å². The number of ether oxygens (including phenoxy) is 2. The van der Waals surface area contributed by atoms with Gasteiger partial charge in [-0.15, -0.1) is 0 Å². The van der Waals surface area contributed by atoms with Crippen LogP contribution in [-0.4, -0.2) is 41.3 Å². The Bertz CT molecular complexity index is 559. The number of rotatable bonds is 6. The molecule has 2 rings (SSSR count). The minimum Gasteiger partial charge on any atom is -0.487 e. The summed E-state index contributed by atoms with van der Waals surface area (Å²) in [6, 6.07) is 4.83. The van der Waals surface area contributed by atoms with Crippen molar-refractivity contribution in [1.29, 1.82) is 0 Å². The molecular formula is C13H20N2O4S. The van der Waals surface area contributed by atoms with E-state index in [0.29, 0.717) is 37.6 Å². The van der Waals surface area contributed by atoms with Crippen LogP contribution in [0.5, 0.6) is 5.75 Å². The van der Waals surface area contributed by atoms with Crippen molar-refractivity contribution >= 4 is 15.7 Å². The van der Waals surface area contributed by atoms with Crippen LogP contribution in [0.1, 0.15) is 13.3 Å². The number of anilines is 1. The van der Waals surface area contributed by atoms with Crippen LogP contribution in [0.15, 0.2) is 23.1 Å². The lowest BCUT2D eigenvalue weighted by Gasteiger charge is -2.25. The number of methoxy groups -OCH3 is 1. The van der Waals surface area contributed by atoms with Gasteiger partial charge in [0.25, 0.3) is 0 Å². The molecule has 0 saturated heterocycles. The van der Waals surface area contributed by atoms with E-state index < -0.39 is 10.0 Å². The van der Waals surface area contributed by atoms with Crippen LogP contribution in [0.4, 0.5) is 5.69 Å². The summed E-state index contributed by atoms with van der Waals surface area (Å²) < 4.78 is 37.3. The summed E-state index contributed by atoms with van der Waals surface area (Å²) in [5.74, 6) is 0.682. The fourth-order valence-corrected chi connectivity index (χ4v) is 3.04. The third-order valence-corrected chi connectivity index (χ3v) is 4.45. The molecule has 1 heterocycles. The van der Waals surface area contributed by atoms with Crippen molar-refractivity contribution in [3.63, 3.8) is 0 Å². The molecule has 0 aromatic heterocycles. The predicted octanol–water partition coefficient (Wildman–Crippen LogP) is 1.19. The summed E-state index contributed by atoms with van der Waals surface area (Å²) in [6.07, 6.45) is 0.719. The van der Waals surface area contributed by atoms with E-state index in [1.165, 1.54) is 0 Å². The average molecular weight is 300 g/mol. The molecule has 1 atom stereocenters. The van der Waals surface area contributed by atoms with Gasteiger partial charge in [-0.1, -0.05) is 0 Å². The highest BCUT2D eigenvalue weighted by atomic mass is 32.2. The maximum atomic E-state index is 12.1. The Labute approximate surface area is 119 Å². The maximum absolute atomic E-state index is 12.1. The predicted molar refractivity (Wildman–Crippen MR) is 76.7 cm³/mol. The van der Waals surface area contributed by atoms with E-state index in [-0.39, 0.29) is 11.0 Å². The lowest BCUT2D eigenvalue weighted by atomic mass is 10.2. The first kappa shape index (κ1) is 15.1. The number of hydrogen-bond donors (Lipinski definition) is 2. The van der Waals surface area contributed by atoms with E-state index in [1.807, 2.05) is 6.92 Å². The molecule has 112 valence electrons. The van der Waals surface area contributed by atoms with Gasteiger partial charge >= 0.3 is 0 Å². The van der Waals surface area contributed by atoms with Crippen LogP contribution in [0.25, 0.3) is 0 Å². The Morgan fingerprint density at radius 2 is 2.30 bits per heavy atom. The van der Waals surface area contributed by atoms with Gasteiger partial charge in [0.1, 0.15) is 11.9 Å². The van der Waals surface area contributed by atoms with Gasteiger partial charge in [0.05, 0.1) is 17.1 Å². The average Bonchev–Trinajstić information content (AvgIpc) is 2.43. The van der Waals surface area contributed by atoms with Gasteiger partial charge in [-0.3, -0.25) is 0 Å². The molecule has 0 spiro atoms. The van der Waals surface area contributed by atoms with E-state index in [1.54, 1.807) is 25.3 Å². The second-order valence-electron chi connectivity index (χ2n) is 4.71. The fourth-order valence-electron chi connectivity index (χ4n) is 1.94. The van der Waals surface area contributed by atoms with E-state index >= 15 is 0 Å². The van der Waals surface area contributed by atoms with Crippen molar-refractivity contribution in [3.05, 3.63) is 18.2 Å². The molecule has 0 bridgehead atoms. The first-order valence-corrected chi connectivity index (χ1v) is 8.04. The Morgan fingerprint density at radius 1 is 1.50 bits per heavy atom. The zero-order chi connectivity index (χ0) is 14.6. The number of hydrogen-bond acceptors (Lipinski definition) is 5. The summed E-state index contributed by atoms with van der Waals surface area (Å²) in [6.45, 7) is 3.50. The lowest BCUT2D eigenvalue weighted by molar-refractivity contribution is 0.196. The lowest BCUT2D eigenvalue weighted by Crippen LogP contribution is -2.29. The van der Waals surface area contributed by atoms with E-state index in [2.05, 4.69) is 10.0 Å². The van der Waals surface area contributed by atoms with Gasteiger partial charge in [-0.2, -0.15) is 0 Å². The summed E-state index contributed by atoms with van der Waals surface area (Å²) in [7, 11) is -1.90. The Hall–Kier alpha value is -1.31. The Morgan fingerprint density at radius 3 is 3.05 bits per heavy atom. The highest BCUT2D eigenvalue weighted by Gasteiger charge is 2.20. The molecule has 0 saturated carbocycles. The van der Waals surface area contributed by atoms with Crippen molar-refractivity contribution in [3.8, 4) is 5.75 Å². The second-order valence-corrected chi connectivity index (χ2v) is 6.48. The molecule has 1 unspecified atom stereocenters. The highest BCUT2D eigenvalue weighted by molar-refractivity contribution is 7.89. The van der Waals surface area contributed by atoms with Gasteiger partial charge in [-0.05, 0) is 31.5 Å². The van der Waals surface area contributed by atoms with Crippen molar-refractivity contribution in [1.82, 2.24) is 4.72 Å². The van der Waals surface area contributed by atoms with Crippen molar-refractivity contribution in [2.75, 3.05) is 32.1 Å². The molecule has 7 heteroatoms. The van der Waals surface area contributed by atoms with E-state index in [4.69, 9.17) is 9.47 Å². The van der Waals surface area contributed by atoms with E-state index in [9.17, 15) is 8.42 Å². The Kier molecular flexibility index (Phi) is 4.85. The number of sulfonamides is 1. The molecule has 0 aliphatic carbocycles. The van der Waals surface area contributed by atoms with Gasteiger partial charge in [0.15, 0.2) is 0 Å². The van der Waals surface area contributed by atoms with Crippen LogP contribution in [0, 0.1) is 0 Å². The zero-order valence-electron chi connectivity index (χ0n) is 11.7. The maximum Gasteiger partial charge on any atom is 0.240 e. The molecule has 1 aromatic carbocycles. The summed E-state index contributed by atoms with van der Waals surface area (Å²) >= 11 is 0. The number of nitrogens with one attached hydrogen (secondary N) is 2. The highest BCUT2D eigenvalue weighted by Crippen LogP contribution is 2.31. The number of fused-ring (bicyclic) bond motifs is 1. The number of benzene rings is 1. The Balaban J connectivity index is 2.08. The van der Waals surface area contributed by atoms with Crippen LogP contribution < -0.4 is 14.8 Å². The van der Waals surface area contributed by atoms with Crippen molar-refractivity contribution in [2.45, 2.75) is 24.3 Å². The normalized spacial score (nSPS) is 18.0. The van der Waals surface area contributed by atoms with Crippen LogP contribution in [-0.2, 0) is 14.8 Å². The third kappa shape index (κ3) is 3.62. The van der Waals surface area contributed by atoms with Crippen LogP contribution >= 0.6 is 0 Å². The largest absolute Gasteiger partial charge is 0.487 e. The van der Waals surface area contributed by atoms with Crippen molar-refractivity contribution < 1.29 is 17.9 Å². The molecule has 1 aliphatic rings.